The fraction of sp³-hybridized carbons (Fsp3) is 0.600. The summed E-state index contributed by atoms with van der Waals surface area (Å²) in [6.07, 6.45) is -4.93. The first-order chi connectivity index (χ1) is 9.96. The Balaban J connectivity index is 2.46. The summed E-state index contributed by atoms with van der Waals surface area (Å²) >= 11 is 0. The van der Waals surface area contributed by atoms with E-state index in [-0.39, 0.29) is 19.1 Å². The van der Waals surface area contributed by atoms with Gasteiger partial charge >= 0.3 is 6.18 Å². The van der Waals surface area contributed by atoms with E-state index >= 15 is 0 Å². The number of likely N-dealkylation sites (N-methyl/N-ethyl adjacent to an activating group) is 1. The van der Waals surface area contributed by atoms with E-state index in [1.165, 1.54) is 0 Å². The third kappa shape index (κ3) is 7.34. The average Bonchev–Trinajstić information content (AvgIpc) is 2.44. The van der Waals surface area contributed by atoms with Crippen LogP contribution in [0.4, 0.5) is 13.2 Å². The molecule has 1 N–H and O–H groups in total. The molecule has 0 aliphatic carbocycles. The van der Waals surface area contributed by atoms with Crippen LogP contribution in [0.3, 0.4) is 0 Å². The molecule has 0 amide bonds. The Morgan fingerprint density at radius 2 is 2.05 bits per heavy atom. The number of alkyl halides is 3. The number of halogens is 3. The zero-order valence-corrected chi connectivity index (χ0v) is 12.4. The van der Waals surface area contributed by atoms with E-state index in [9.17, 15) is 13.2 Å². The van der Waals surface area contributed by atoms with Crippen molar-refractivity contribution in [3.8, 4) is 5.75 Å². The maximum absolute atomic E-state index is 12.0. The highest BCUT2D eigenvalue weighted by atomic mass is 19.4. The molecular formula is C15H22F3NO2. The fourth-order valence-corrected chi connectivity index (χ4v) is 1.95. The van der Waals surface area contributed by atoms with Gasteiger partial charge in [-0.15, -0.1) is 0 Å². The van der Waals surface area contributed by atoms with Crippen LogP contribution in [0, 0.1) is 0 Å². The fourth-order valence-electron chi connectivity index (χ4n) is 1.95. The molecule has 1 aromatic carbocycles. The third-order valence-electron chi connectivity index (χ3n) is 2.98. The largest absolute Gasteiger partial charge is 0.497 e. The van der Waals surface area contributed by atoms with Gasteiger partial charge in [0.25, 0.3) is 0 Å². The summed E-state index contributed by atoms with van der Waals surface area (Å²) in [4.78, 5) is 0. The first-order valence-electron chi connectivity index (χ1n) is 6.98. The van der Waals surface area contributed by atoms with Gasteiger partial charge in [0.2, 0.25) is 0 Å². The van der Waals surface area contributed by atoms with Gasteiger partial charge in [0.1, 0.15) is 5.75 Å². The first kappa shape index (κ1) is 17.8. The zero-order chi connectivity index (χ0) is 15.7. The molecule has 0 radical (unpaired) electrons. The van der Waals surface area contributed by atoms with E-state index in [0.717, 1.165) is 17.9 Å². The summed E-state index contributed by atoms with van der Waals surface area (Å²) in [5, 5.41) is 3.25. The number of nitrogens with one attached hydrogen (secondary N) is 1. The Bertz CT molecular complexity index is 410. The topological polar surface area (TPSA) is 30.5 Å². The molecule has 0 spiro atoms. The van der Waals surface area contributed by atoms with Crippen LogP contribution in [-0.2, 0) is 4.74 Å². The Kier molecular flexibility index (Phi) is 7.53. The van der Waals surface area contributed by atoms with Crippen molar-refractivity contribution in [2.24, 2.45) is 0 Å². The SMILES string of the molecule is CCNC(COCCCC(F)(F)F)c1cccc(OC)c1. The lowest BCUT2D eigenvalue weighted by atomic mass is 10.1. The molecule has 3 nitrogen and oxygen atoms in total. The summed E-state index contributed by atoms with van der Waals surface area (Å²) in [6, 6.07) is 7.50. The molecule has 0 heterocycles. The lowest BCUT2D eigenvalue weighted by molar-refractivity contribution is -0.138. The van der Waals surface area contributed by atoms with E-state index in [1.54, 1.807) is 7.11 Å². The Morgan fingerprint density at radius 1 is 1.29 bits per heavy atom. The van der Waals surface area contributed by atoms with Crippen LogP contribution in [0.1, 0.15) is 31.4 Å². The second-order valence-electron chi connectivity index (χ2n) is 4.68. The summed E-state index contributed by atoms with van der Waals surface area (Å²) in [5.74, 6) is 0.743. The van der Waals surface area contributed by atoms with Crippen LogP contribution in [0.25, 0.3) is 0 Å². The van der Waals surface area contributed by atoms with E-state index in [4.69, 9.17) is 9.47 Å². The number of methoxy groups -OCH3 is 1. The third-order valence-corrected chi connectivity index (χ3v) is 2.98. The molecular weight excluding hydrogens is 283 g/mol. The van der Waals surface area contributed by atoms with Crippen molar-refractivity contribution in [3.63, 3.8) is 0 Å². The van der Waals surface area contributed by atoms with Gasteiger partial charge in [-0.2, -0.15) is 13.2 Å². The minimum absolute atomic E-state index is 0.0134. The quantitative estimate of drug-likeness (QED) is 0.706. The van der Waals surface area contributed by atoms with Crippen molar-refractivity contribution in [2.75, 3.05) is 26.9 Å². The highest BCUT2D eigenvalue weighted by Crippen LogP contribution is 2.22. The Hall–Kier alpha value is -1.27. The monoisotopic (exact) mass is 305 g/mol. The predicted octanol–water partition coefficient (Wildman–Crippen LogP) is 3.70. The smallest absolute Gasteiger partial charge is 0.389 e. The first-order valence-corrected chi connectivity index (χ1v) is 6.98. The maximum Gasteiger partial charge on any atom is 0.389 e. The van der Waals surface area contributed by atoms with Crippen LogP contribution < -0.4 is 10.1 Å². The van der Waals surface area contributed by atoms with Crippen molar-refractivity contribution in [3.05, 3.63) is 29.8 Å². The second kappa shape index (κ2) is 8.89. The lowest BCUT2D eigenvalue weighted by Crippen LogP contribution is -2.25. The Morgan fingerprint density at radius 3 is 2.67 bits per heavy atom. The molecule has 120 valence electrons. The van der Waals surface area contributed by atoms with Crippen molar-refractivity contribution in [1.29, 1.82) is 0 Å². The number of hydrogen-bond acceptors (Lipinski definition) is 3. The van der Waals surface area contributed by atoms with Gasteiger partial charge in [-0.3, -0.25) is 0 Å². The van der Waals surface area contributed by atoms with Crippen molar-refractivity contribution in [1.82, 2.24) is 5.32 Å². The number of benzene rings is 1. The lowest BCUT2D eigenvalue weighted by Gasteiger charge is -2.19. The van der Waals surface area contributed by atoms with Gasteiger partial charge in [-0.05, 0) is 30.7 Å². The molecule has 0 aliphatic rings. The number of ether oxygens (including phenoxy) is 2. The highest BCUT2D eigenvalue weighted by Gasteiger charge is 2.26. The van der Waals surface area contributed by atoms with E-state index in [2.05, 4.69) is 5.32 Å². The van der Waals surface area contributed by atoms with E-state index in [1.807, 2.05) is 31.2 Å². The minimum atomic E-state index is -4.11. The van der Waals surface area contributed by atoms with Gasteiger partial charge in [-0.25, -0.2) is 0 Å². The molecule has 21 heavy (non-hydrogen) atoms. The number of rotatable bonds is 9. The Labute approximate surface area is 123 Å². The van der Waals surface area contributed by atoms with Crippen LogP contribution in [0.2, 0.25) is 0 Å². The molecule has 6 heteroatoms. The van der Waals surface area contributed by atoms with Crippen molar-refractivity contribution in [2.45, 2.75) is 32.0 Å². The molecule has 0 bridgehead atoms. The van der Waals surface area contributed by atoms with Crippen molar-refractivity contribution < 1.29 is 22.6 Å². The average molecular weight is 305 g/mol. The van der Waals surface area contributed by atoms with Gasteiger partial charge in [0.15, 0.2) is 0 Å². The summed E-state index contributed by atoms with van der Waals surface area (Å²) in [5.41, 5.74) is 0.993. The molecule has 0 aliphatic heterocycles. The highest BCUT2D eigenvalue weighted by molar-refractivity contribution is 5.30. The van der Waals surface area contributed by atoms with Crippen molar-refractivity contribution >= 4 is 0 Å². The summed E-state index contributed by atoms with van der Waals surface area (Å²) in [7, 11) is 1.59. The van der Waals surface area contributed by atoms with Crippen LogP contribution in [0.5, 0.6) is 5.75 Å². The maximum atomic E-state index is 12.0. The van der Waals surface area contributed by atoms with E-state index in [0.29, 0.717) is 6.61 Å². The summed E-state index contributed by atoms with van der Waals surface area (Å²) < 4.78 is 46.6. The van der Waals surface area contributed by atoms with Gasteiger partial charge < -0.3 is 14.8 Å². The second-order valence-corrected chi connectivity index (χ2v) is 4.68. The van der Waals surface area contributed by atoms with E-state index < -0.39 is 12.6 Å². The number of hydrogen-bond donors (Lipinski definition) is 1. The minimum Gasteiger partial charge on any atom is -0.497 e. The molecule has 0 saturated carbocycles. The van der Waals surface area contributed by atoms with Crippen LogP contribution in [0.15, 0.2) is 24.3 Å². The van der Waals surface area contributed by atoms with Gasteiger partial charge in [0.05, 0.1) is 19.8 Å². The zero-order valence-electron chi connectivity index (χ0n) is 12.4. The molecule has 1 rings (SSSR count). The molecule has 1 aromatic rings. The molecule has 1 unspecified atom stereocenters. The molecule has 0 saturated heterocycles. The molecule has 0 fully saturated rings. The summed E-state index contributed by atoms with van der Waals surface area (Å²) in [6.45, 7) is 3.15. The normalized spacial score (nSPS) is 13.2. The van der Waals surface area contributed by atoms with Gasteiger partial charge in [0, 0.05) is 13.0 Å². The van der Waals surface area contributed by atoms with Crippen LogP contribution >= 0.6 is 0 Å². The molecule has 1 atom stereocenters. The molecule has 0 aromatic heterocycles. The van der Waals surface area contributed by atoms with Crippen LogP contribution in [-0.4, -0.2) is 33.0 Å². The van der Waals surface area contributed by atoms with Gasteiger partial charge in [-0.1, -0.05) is 19.1 Å². The predicted molar refractivity (Wildman–Crippen MR) is 75.5 cm³/mol. The standard InChI is InChI=1S/C15H22F3NO2/c1-3-19-14(11-21-9-5-8-15(16,17)18)12-6-4-7-13(10-12)20-2/h4,6-7,10,14,19H,3,5,8-9,11H2,1-2H3.